The third kappa shape index (κ3) is 45.9. The monoisotopic (exact) mass is 1380 g/mol. The third-order valence-electron chi connectivity index (χ3n) is 18.8. The minimum absolute atomic E-state index is 0.182. The van der Waals surface area contributed by atoms with Gasteiger partial charge in [-0.05, 0) is 38.5 Å². The van der Waals surface area contributed by atoms with E-state index in [4.69, 9.17) is 33.3 Å². The van der Waals surface area contributed by atoms with E-state index in [2.05, 4.69) is 31.4 Å². The fraction of sp³-hybridized carbons (Fsp3) is 0.945. The van der Waals surface area contributed by atoms with Gasteiger partial charge in [-0.1, -0.05) is 284 Å². The molecule has 12 atom stereocenters. The summed E-state index contributed by atoms with van der Waals surface area (Å²) in [5, 5.41) is 70.8. The Labute approximate surface area is 573 Å². The second-order valence-corrected chi connectivity index (χ2v) is 28.9. The zero-order valence-electron chi connectivity index (χ0n) is 59.6. The molecule has 0 saturated carbocycles. The van der Waals surface area contributed by atoms with Crippen LogP contribution in [0.4, 0.5) is 0 Å². The fourth-order valence-corrected chi connectivity index (χ4v) is 13.6. The molecule has 0 aromatic carbocycles. The van der Waals surface area contributed by atoms with Crippen LogP contribution in [0.1, 0.15) is 348 Å². The SMILES string of the molecule is CCCCCCCCCCCC(=O)O[C@H](CCCCCCCCCCC)CC(=O)N[C@H]1[C@H](OC[C@H]2O[C@H](OCCCCCCCCCCCCCCCCCCCCC(=O)O)[C@H](NC(=O)C[C@H](O)CCCCCCCCCCC)[C@@H](O)[C@@H]2O)O[C@H](CO)[C@@H](OP(=O)(O)O)[C@@H]1O. The summed E-state index contributed by atoms with van der Waals surface area (Å²) in [7, 11) is -5.33. The number of esters is 1. The lowest BCUT2D eigenvalue weighted by molar-refractivity contribution is -0.302. The quantitative estimate of drug-likeness (QED) is 0.0154. The lowest BCUT2D eigenvalue weighted by Gasteiger charge is -2.45. The van der Waals surface area contributed by atoms with Gasteiger partial charge in [0.15, 0.2) is 12.6 Å². The Balaban J connectivity index is 2.16. The maximum Gasteiger partial charge on any atom is 0.470 e. The molecule has 2 saturated heterocycles. The lowest BCUT2D eigenvalue weighted by Crippen LogP contribution is -2.67. The van der Waals surface area contributed by atoms with Crippen molar-refractivity contribution >= 4 is 31.6 Å². The molecule has 22 heteroatoms. The highest BCUT2D eigenvalue weighted by atomic mass is 31.2. The Kier molecular flexibility index (Phi) is 54.4. The summed E-state index contributed by atoms with van der Waals surface area (Å²) < 4.78 is 47.8. The van der Waals surface area contributed by atoms with Crippen LogP contribution in [0.15, 0.2) is 0 Å². The molecule has 0 spiro atoms. The molecule has 2 aliphatic rings. The summed E-state index contributed by atoms with van der Waals surface area (Å²) in [4.78, 5) is 71.5. The molecular formula is C73H139N2O19P. The van der Waals surface area contributed by atoms with E-state index >= 15 is 0 Å². The first-order chi connectivity index (χ1) is 45.9. The molecule has 0 unspecified atom stereocenters. The third-order valence-corrected chi connectivity index (χ3v) is 19.4. The normalized spacial score (nSPS) is 22.2. The van der Waals surface area contributed by atoms with Gasteiger partial charge in [-0.25, -0.2) is 4.57 Å². The van der Waals surface area contributed by atoms with Gasteiger partial charge in [0.1, 0.15) is 54.8 Å². The maximum absolute atomic E-state index is 14.2. The van der Waals surface area contributed by atoms with Gasteiger partial charge in [-0.2, -0.15) is 0 Å². The number of rotatable bonds is 65. The van der Waals surface area contributed by atoms with E-state index in [1.807, 2.05) is 0 Å². The minimum atomic E-state index is -5.33. The van der Waals surface area contributed by atoms with Gasteiger partial charge in [-0.3, -0.25) is 23.7 Å². The second-order valence-electron chi connectivity index (χ2n) is 27.7. The molecule has 95 heavy (non-hydrogen) atoms. The number of carboxylic acids is 1. The highest BCUT2D eigenvalue weighted by Gasteiger charge is 2.51. The zero-order chi connectivity index (χ0) is 69.6. The van der Waals surface area contributed by atoms with Gasteiger partial charge in [0.2, 0.25) is 11.8 Å². The van der Waals surface area contributed by atoms with Crippen LogP contribution < -0.4 is 10.6 Å². The van der Waals surface area contributed by atoms with Crippen molar-refractivity contribution in [1.82, 2.24) is 10.6 Å². The van der Waals surface area contributed by atoms with Crippen LogP contribution in [-0.2, 0) is 52.0 Å². The van der Waals surface area contributed by atoms with Crippen molar-refractivity contribution in [3.8, 4) is 0 Å². The smallest absolute Gasteiger partial charge is 0.470 e. The number of carbonyl (C=O) groups is 4. The first-order valence-electron chi connectivity index (χ1n) is 38.6. The zero-order valence-corrected chi connectivity index (χ0v) is 60.5. The number of aliphatic carboxylic acids is 1. The van der Waals surface area contributed by atoms with Crippen LogP contribution in [0.5, 0.6) is 0 Å². The van der Waals surface area contributed by atoms with Gasteiger partial charge in [-0.15, -0.1) is 0 Å². The summed E-state index contributed by atoms with van der Waals surface area (Å²) in [5.74, 6) is -2.41. The van der Waals surface area contributed by atoms with Crippen molar-refractivity contribution in [1.29, 1.82) is 0 Å². The van der Waals surface area contributed by atoms with Crippen molar-refractivity contribution in [3.05, 3.63) is 0 Å². The van der Waals surface area contributed by atoms with Crippen LogP contribution in [-0.4, -0.2) is 157 Å². The van der Waals surface area contributed by atoms with E-state index < -0.39 is 118 Å². The van der Waals surface area contributed by atoms with E-state index in [0.29, 0.717) is 32.1 Å². The van der Waals surface area contributed by atoms with Crippen molar-refractivity contribution in [2.75, 3.05) is 19.8 Å². The topological polar surface area (TPSA) is 327 Å². The van der Waals surface area contributed by atoms with Gasteiger partial charge in [0.05, 0.1) is 32.2 Å². The first kappa shape index (κ1) is 88.7. The average Bonchev–Trinajstić information content (AvgIpc) is 0.797. The number of hydrogen-bond donors (Lipinski definition) is 10. The van der Waals surface area contributed by atoms with Crippen molar-refractivity contribution in [2.24, 2.45) is 0 Å². The van der Waals surface area contributed by atoms with E-state index in [-0.39, 0.29) is 32.3 Å². The largest absolute Gasteiger partial charge is 0.481 e. The number of unbranched alkanes of at least 4 members (excludes halogenated alkanes) is 41. The van der Waals surface area contributed by atoms with E-state index in [1.165, 1.54) is 148 Å². The molecule has 21 nitrogen and oxygen atoms in total. The van der Waals surface area contributed by atoms with Gasteiger partial charge in [0, 0.05) is 19.4 Å². The lowest BCUT2D eigenvalue weighted by atomic mass is 9.95. The number of phosphoric ester groups is 1. The van der Waals surface area contributed by atoms with Crippen LogP contribution in [0.25, 0.3) is 0 Å². The Hall–Kier alpha value is -2.37. The Morgan fingerprint density at radius 3 is 1.25 bits per heavy atom. The van der Waals surface area contributed by atoms with E-state index in [1.54, 1.807) is 0 Å². The molecule has 2 amide bonds. The molecule has 0 bridgehead atoms. The predicted molar refractivity (Wildman–Crippen MR) is 371 cm³/mol. The summed E-state index contributed by atoms with van der Waals surface area (Å²) in [5.41, 5.74) is 0. The molecule has 2 rings (SSSR count). The molecule has 2 fully saturated rings. The highest BCUT2D eigenvalue weighted by Crippen LogP contribution is 2.42. The number of phosphoric acid groups is 1. The van der Waals surface area contributed by atoms with E-state index in [9.17, 15) is 59.1 Å². The van der Waals surface area contributed by atoms with Crippen molar-refractivity contribution in [2.45, 2.75) is 422 Å². The average molecular weight is 1380 g/mol. The predicted octanol–water partition coefficient (Wildman–Crippen LogP) is 14.3. The summed E-state index contributed by atoms with van der Waals surface area (Å²) in [6, 6.07) is -2.89. The first-order valence-corrected chi connectivity index (χ1v) is 40.1. The summed E-state index contributed by atoms with van der Waals surface area (Å²) in [6.45, 7) is 5.26. The summed E-state index contributed by atoms with van der Waals surface area (Å²) in [6.07, 6.45) is 34.7. The molecule has 0 aliphatic carbocycles. The molecule has 0 aromatic heterocycles. The van der Waals surface area contributed by atoms with Gasteiger partial charge in [0.25, 0.3) is 0 Å². The number of amides is 2. The molecule has 2 aliphatic heterocycles. The van der Waals surface area contributed by atoms with Crippen LogP contribution in [0.2, 0.25) is 0 Å². The number of carbonyl (C=O) groups excluding carboxylic acids is 3. The van der Waals surface area contributed by atoms with Crippen LogP contribution in [0, 0.1) is 0 Å². The Bertz CT molecular complexity index is 1920. The van der Waals surface area contributed by atoms with Crippen LogP contribution in [0.3, 0.4) is 0 Å². The molecule has 0 aromatic rings. The Morgan fingerprint density at radius 1 is 0.453 bits per heavy atom. The van der Waals surface area contributed by atoms with Crippen molar-refractivity contribution in [3.63, 3.8) is 0 Å². The summed E-state index contributed by atoms with van der Waals surface area (Å²) >= 11 is 0. The molecule has 0 radical (unpaired) electrons. The van der Waals surface area contributed by atoms with Gasteiger partial charge >= 0.3 is 19.8 Å². The van der Waals surface area contributed by atoms with Crippen molar-refractivity contribution < 1.29 is 92.4 Å². The Morgan fingerprint density at radius 2 is 0.821 bits per heavy atom. The molecule has 2 heterocycles. The molecule has 10 N–H and O–H groups in total. The maximum atomic E-state index is 14.2. The number of nitrogens with one attached hydrogen (secondary N) is 2. The van der Waals surface area contributed by atoms with Gasteiger partial charge < -0.3 is 74.7 Å². The number of ether oxygens (including phenoxy) is 5. The minimum Gasteiger partial charge on any atom is -0.481 e. The number of carboxylic acid groups (broad SMARTS) is 1. The fourth-order valence-electron chi connectivity index (χ4n) is 13.0. The molecule has 560 valence electrons. The second kappa shape index (κ2) is 58.3. The van der Waals surface area contributed by atoms with Crippen LogP contribution >= 0.6 is 7.82 Å². The number of aliphatic hydroxyl groups excluding tert-OH is 5. The number of hydrogen-bond acceptors (Lipinski definition) is 16. The standard InChI is InChI=1S/C73H139N2O19P/c1-4-7-10-13-16-29-34-39-44-49-58(77)54-62(78)74-66-69(84)68(83)61(93-72(66)89-53-48-43-38-33-28-26-24-22-20-19-21-23-25-27-32-36-41-46-51-64(80)81)57-90-73-67(70(85)71(60(56-76)92-73)94-95(86,87)88)75-63(79)55-59(50-45-40-35-30-17-14-11-8-5-2)91-65(82)52-47-42-37-31-18-15-12-9-6-3/h58-61,66-73,76-77,83-85H,4-57H2,1-3H3,(H,74,78)(H,75,79)(H,80,81)(H2,86,87,88)/t58-,59-,60-,61-,66-,67-,68-,69-,70-,71-,72+,73-/m1/s1. The molecular weight excluding hydrogens is 1240 g/mol. The highest BCUT2D eigenvalue weighted by molar-refractivity contribution is 7.46. The van der Waals surface area contributed by atoms with E-state index in [0.717, 1.165) is 122 Å². The number of aliphatic hydroxyl groups is 5.